The van der Waals surface area contributed by atoms with Gasteiger partial charge in [0.05, 0.1) is 5.75 Å². The standard InChI is InChI=1S/C22H26N4OS/c1-4-26-21(19-13-9-8-10-16(19)2)24-25-22(26)28-15-20(27)23-14-17(3)18-11-6-5-7-12-18/h5-13,17H,4,14-15H2,1-3H3,(H,23,27)/t17-/m1/s1. The fourth-order valence-electron chi connectivity index (χ4n) is 3.05. The number of nitrogens with one attached hydrogen (secondary N) is 1. The van der Waals surface area contributed by atoms with Crippen LogP contribution in [0.15, 0.2) is 59.8 Å². The number of benzene rings is 2. The first kappa shape index (κ1) is 20.1. The minimum absolute atomic E-state index is 0.0101. The van der Waals surface area contributed by atoms with Crippen molar-refractivity contribution >= 4 is 17.7 Å². The highest BCUT2D eigenvalue weighted by Gasteiger charge is 2.16. The largest absolute Gasteiger partial charge is 0.355 e. The highest BCUT2D eigenvalue weighted by Crippen LogP contribution is 2.26. The van der Waals surface area contributed by atoms with Gasteiger partial charge in [-0.15, -0.1) is 10.2 Å². The predicted molar refractivity (Wildman–Crippen MR) is 114 cm³/mol. The van der Waals surface area contributed by atoms with Gasteiger partial charge in [-0.3, -0.25) is 4.79 Å². The van der Waals surface area contributed by atoms with Gasteiger partial charge in [0.15, 0.2) is 11.0 Å². The lowest BCUT2D eigenvalue weighted by Gasteiger charge is -2.13. The molecule has 0 aliphatic heterocycles. The predicted octanol–water partition coefficient (Wildman–Crippen LogP) is 4.29. The Bertz CT molecular complexity index is 923. The van der Waals surface area contributed by atoms with E-state index in [1.54, 1.807) is 0 Å². The van der Waals surface area contributed by atoms with Crippen LogP contribution in [0.25, 0.3) is 11.4 Å². The van der Waals surface area contributed by atoms with Crippen LogP contribution in [0.2, 0.25) is 0 Å². The molecule has 0 unspecified atom stereocenters. The minimum Gasteiger partial charge on any atom is -0.355 e. The first-order valence-corrected chi connectivity index (χ1v) is 10.5. The molecule has 5 nitrogen and oxygen atoms in total. The van der Waals surface area contributed by atoms with Crippen LogP contribution in [0.5, 0.6) is 0 Å². The third-order valence-corrected chi connectivity index (χ3v) is 5.69. The molecular weight excluding hydrogens is 368 g/mol. The Morgan fingerprint density at radius 1 is 1.11 bits per heavy atom. The van der Waals surface area contributed by atoms with Gasteiger partial charge in [0, 0.05) is 18.7 Å². The van der Waals surface area contributed by atoms with Gasteiger partial charge in [-0.2, -0.15) is 0 Å². The molecule has 0 aliphatic carbocycles. The smallest absolute Gasteiger partial charge is 0.230 e. The second-order valence-electron chi connectivity index (χ2n) is 6.77. The first-order valence-electron chi connectivity index (χ1n) is 9.53. The van der Waals surface area contributed by atoms with Gasteiger partial charge < -0.3 is 9.88 Å². The summed E-state index contributed by atoms with van der Waals surface area (Å²) < 4.78 is 2.06. The van der Waals surface area contributed by atoms with E-state index in [2.05, 4.69) is 65.1 Å². The van der Waals surface area contributed by atoms with Gasteiger partial charge in [0.1, 0.15) is 0 Å². The molecule has 1 atom stereocenters. The van der Waals surface area contributed by atoms with Crippen LogP contribution in [0, 0.1) is 6.92 Å². The zero-order valence-corrected chi connectivity index (χ0v) is 17.4. The van der Waals surface area contributed by atoms with E-state index in [1.807, 2.05) is 30.3 Å². The fourth-order valence-corrected chi connectivity index (χ4v) is 3.88. The average Bonchev–Trinajstić information content (AvgIpc) is 3.14. The van der Waals surface area contributed by atoms with E-state index >= 15 is 0 Å². The third-order valence-electron chi connectivity index (χ3n) is 4.73. The molecule has 0 bridgehead atoms. The lowest BCUT2D eigenvalue weighted by atomic mass is 10.0. The van der Waals surface area contributed by atoms with E-state index in [0.29, 0.717) is 12.3 Å². The maximum absolute atomic E-state index is 12.3. The molecular formula is C22H26N4OS. The van der Waals surface area contributed by atoms with Crippen molar-refractivity contribution in [3.05, 3.63) is 65.7 Å². The molecule has 0 saturated heterocycles. The van der Waals surface area contributed by atoms with Crippen molar-refractivity contribution in [3.63, 3.8) is 0 Å². The van der Waals surface area contributed by atoms with Crippen LogP contribution >= 0.6 is 11.8 Å². The lowest BCUT2D eigenvalue weighted by molar-refractivity contribution is -0.118. The van der Waals surface area contributed by atoms with Crippen molar-refractivity contribution in [2.24, 2.45) is 0 Å². The Morgan fingerprint density at radius 3 is 2.54 bits per heavy atom. The number of rotatable bonds is 8. The van der Waals surface area contributed by atoms with Crippen molar-refractivity contribution in [3.8, 4) is 11.4 Å². The second-order valence-corrected chi connectivity index (χ2v) is 7.71. The molecule has 0 spiro atoms. The molecule has 28 heavy (non-hydrogen) atoms. The first-order chi connectivity index (χ1) is 13.6. The summed E-state index contributed by atoms with van der Waals surface area (Å²) in [5.74, 6) is 1.46. The summed E-state index contributed by atoms with van der Waals surface area (Å²) >= 11 is 1.43. The summed E-state index contributed by atoms with van der Waals surface area (Å²) in [5, 5.41) is 12.5. The number of thioether (sulfide) groups is 1. The number of carbonyl (C=O) groups excluding carboxylic acids is 1. The average molecular weight is 395 g/mol. The van der Waals surface area contributed by atoms with E-state index in [-0.39, 0.29) is 11.8 Å². The molecule has 1 heterocycles. The van der Waals surface area contributed by atoms with Crippen molar-refractivity contribution in [2.45, 2.75) is 38.4 Å². The molecule has 0 fully saturated rings. The highest BCUT2D eigenvalue weighted by atomic mass is 32.2. The van der Waals surface area contributed by atoms with E-state index < -0.39 is 0 Å². The number of aryl methyl sites for hydroxylation is 1. The van der Waals surface area contributed by atoms with Gasteiger partial charge in [-0.25, -0.2) is 0 Å². The summed E-state index contributed by atoms with van der Waals surface area (Å²) in [5.41, 5.74) is 3.46. The zero-order valence-electron chi connectivity index (χ0n) is 16.6. The van der Waals surface area contributed by atoms with E-state index in [0.717, 1.165) is 28.7 Å². The summed E-state index contributed by atoms with van der Waals surface area (Å²) in [7, 11) is 0. The van der Waals surface area contributed by atoms with E-state index in [9.17, 15) is 4.79 Å². The maximum Gasteiger partial charge on any atom is 0.230 e. The summed E-state index contributed by atoms with van der Waals surface area (Å²) in [6, 6.07) is 18.4. The molecule has 6 heteroatoms. The number of nitrogens with zero attached hydrogens (tertiary/aromatic N) is 3. The van der Waals surface area contributed by atoms with E-state index in [4.69, 9.17) is 0 Å². The number of hydrogen-bond acceptors (Lipinski definition) is 4. The maximum atomic E-state index is 12.3. The minimum atomic E-state index is 0.0101. The molecule has 3 rings (SSSR count). The van der Waals surface area contributed by atoms with Crippen LogP contribution in [0.1, 0.15) is 30.9 Å². The molecule has 0 radical (unpaired) electrons. The van der Waals surface area contributed by atoms with Crippen LogP contribution in [0.4, 0.5) is 0 Å². The van der Waals surface area contributed by atoms with Crippen molar-refractivity contribution in [1.29, 1.82) is 0 Å². The third kappa shape index (κ3) is 4.81. The van der Waals surface area contributed by atoms with Crippen molar-refractivity contribution < 1.29 is 4.79 Å². The van der Waals surface area contributed by atoms with Crippen LogP contribution < -0.4 is 5.32 Å². The van der Waals surface area contributed by atoms with Crippen LogP contribution in [-0.4, -0.2) is 33.0 Å². The second kappa shape index (κ2) is 9.55. The zero-order chi connectivity index (χ0) is 19.9. The summed E-state index contributed by atoms with van der Waals surface area (Å²) in [6.45, 7) is 7.63. The molecule has 1 amide bonds. The Morgan fingerprint density at radius 2 is 1.82 bits per heavy atom. The molecule has 0 saturated carbocycles. The SMILES string of the molecule is CCn1c(SCC(=O)NC[C@@H](C)c2ccccc2)nnc1-c1ccccc1C. The van der Waals surface area contributed by atoms with Crippen LogP contribution in [-0.2, 0) is 11.3 Å². The molecule has 0 aliphatic rings. The molecule has 146 valence electrons. The van der Waals surface area contributed by atoms with E-state index in [1.165, 1.54) is 17.3 Å². The molecule has 3 aromatic rings. The molecule has 1 N–H and O–H groups in total. The highest BCUT2D eigenvalue weighted by molar-refractivity contribution is 7.99. The number of carbonyl (C=O) groups is 1. The number of aromatic nitrogens is 3. The van der Waals surface area contributed by atoms with Crippen LogP contribution in [0.3, 0.4) is 0 Å². The Labute approximate surface area is 170 Å². The number of hydrogen-bond donors (Lipinski definition) is 1. The van der Waals surface area contributed by atoms with Gasteiger partial charge in [0.25, 0.3) is 0 Å². The van der Waals surface area contributed by atoms with Gasteiger partial charge >= 0.3 is 0 Å². The monoisotopic (exact) mass is 394 g/mol. The number of amides is 1. The summed E-state index contributed by atoms with van der Waals surface area (Å²) in [4.78, 5) is 12.3. The van der Waals surface area contributed by atoms with Crippen molar-refractivity contribution in [1.82, 2.24) is 20.1 Å². The van der Waals surface area contributed by atoms with Gasteiger partial charge in [-0.1, -0.05) is 73.3 Å². The summed E-state index contributed by atoms with van der Waals surface area (Å²) in [6.07, 6.45) is 0. The fraction of sp³-hybridized carbons (Fsp3) is 0.318. The quantitative estimate of drug-likeness (QED) is 0.579. The van der Waals surface area contributed by atoms with Gasteiger partial charge in [0.2, 0.25) is 5.91 Å². The Balaban J connectivity index is 1.59. The Hall–Kier alpha value is -2.60. The lowest BCUT2D eigenvalue weighted by Crippen LogP contribution is -2.29. The Kier molecular flexibility index (Phi) is 6.87. The van der Waals surface area contributed by atoms with Gasteiger partial charge in [-0.05, 0) is 30.9 Å². The topological polar surface area (TPSA) is 59.8 Å². The molecule has 2 aromatic carbocycles. The normalized spacial score (nSPS) is 12.0. The molecule has 1 aromatic heterocycles. The van der Waals surface area contributed by atoms with Crippen molar-refractivity contribution in [2.75, 3.05) is 12.3 Å².